The number of hydrogen-bond acceptors (Lipinski definition) is 4. The number of amides is 1. The Bertz CT molecular complexity index is 807. The molecule has 6 heteroatoms. The normalized spacial score (nSPS) is 10.5. The van der Waals surface area contributed by atoms with E-state index in [2.05, 4.69) is 20.4 Å². The number of rotatable bonds is 3. The Hall–Kier alpha value is -3.02. The van der Waals surface area contributed by atoms with Gasteiger partial charge in [-0.1, -0.05) is 12.1 Å². The summed E-state index contributed by atoms with van der Waals surface area (Å²) < 4.78 is 1.64. The average Bonchev–Trinajstić information content (AvgIpc) is 2.95. The van der Waals surface area contributed by atoms with E-state index in [0.29, 0.717) is 17.1 Å². The summed E-state index contributed by atoms with van der Waals surface area (Å²) >= 11 is 0. The van der Waals surface area contributed by atoms with Gasteiger partial charge in [0.2, 0.25) is 0 Å². The molecule has 2 heterocycles. The second kappa shape index (κ2) is 5.77. The quantitative estimate of drug-likeness (QED) is 0.805. The van der Waals surface area contributed by atoms with Crippen LogP contribution in [0.3, 0.4) is 0 Å². The van der Waals surface area contributed by atoms with E-state index in [1.807, 2.05) is 44.3 Å². The molecule has 3 rings (SSSR count). The predicted octanol–water partition coefficient (Wildman–Crippen LogP) is 2.44. The lowest BCUT2D eigenvalue weighted by atomic mass is 10.2. The summed E-state index contributed by atoms with van der Waals surface area (Å²) in [7, 11) is 1.81. The maximum atomic E-state index is 12.2. The second-order valence-corrected chi connectivity index (χ2v) is 4.97. The van der Waals surface area contributed by atoms with E-state index >= 15 is 0 Å². The van der Waals surface area contributed by atoms with Crippen molar-refractivity contribution in [3.05, 3.63) is 60.2 Å². The lowest BCUT2D eigenvalue weighted by Crippen LogP contribution is -2.12. The van der Waals surface area contributed by atoms with Gasteiger partial charge < -0.3 is 5.32 Å². The third kappa shape index (κ3) is 3.01. The lowest BCUT2D eigenvalue weighted by molar-refractivity contribution is 0.102. The molecular weight excluding hydrogens is 278 g/mol. The van der Waals surface area contributed by atoms with Crippen LogP contribution in [0.25, 0.3) is 11.4 Å². The van der Waals surface area contributed by atoms with E-state index in [9.17, 15) is 4.79 Å². The highest BCUT2D eigenvalue weighted by atomic mass is 16.1. The molecule has 0 saturated carbocycles. The van der Waals surface area contributed by atoms with Gasteiger partial charge in [-0.05, 0) is 31.2 Å². The van der Waals surface area contributed by atoms with E-state index in [0.717, 1.165) is 11.3 Å². The Morgan fingerprint density at radius 2 is 2.05 bits per heavy atom. The standard InChI is InChI=1S/C16H15N5O/c1-11-6-7-13(9-17-11)16(22)19-14-5-3-4-12(8-14)15-18-10-21(2)20-15/h3-10H,1-2H3,(H,19,22). The van der Waals surface area contributed by atoms with Gasteiger partial charge in [-0.3, -0.25) is 14.5 Å². The lowest BCUT2D eigenvalue weighted by Gasteiger charge is -2.06. The van der Waals surface area contributed by atoms with Crippen LogP contribution < -0.4 is 5.32 Å². The summed E-state index contributed by atoms with van der Waals surface area (Å²) in [6.45, 7) is 1.88. The Labute approximate surface area is 127 Å². The van der Waals surface area contributed by atoms with Crippen LogP contribution in [0.1, 0.15) is 16.1 Å². The minimum Gasteiger partial charge on any atom is -0.322 e. The van der Waals surface area contributed by atoms with Gasteiger partial charge in [0.25, 0.3) is 5.91 Å². The SMILES string of the molecule is Cc1ccc(C(=O)Nc2cccc(-c3ncn(C)n3)c2)cn1. The van der Waals surface area contributed by atoms with Crippen LogP contribution in [0, 0.1) is 6.92 Å². The number of aromatic nitrogens is 4. The van der Waals surface area contributed by atoms with Crippen molar-refractivity contribution in [2.24, 2.45) is 7.05 Å². The van der Waals surface area contributed by atoms with Crippen LogP contribution in [-0.4, -0.2) is 25.7 Å². The van der Waals surface area contributed by atoms with Crippen molar-refractivity contribution in [1.29, 1.82) is 0 Å². The average molecular weight is 293 g/mol. The maximum Gasteiger partial charge on any atom is 0.257 e. The number of carbonyl (C=O) groups is 1. The molecule has 0 aliphatic heterocycles. The number of pyridine rings is 1. The monoisotopic (exact) mass is 293 g/mol. The first-order chi connectivity index (χ1) is 10.6. The fraction of sp³-hybridized carbons (Fsp3) is 0.125. The largest absolute Gasteiger partial charge is 0.322 e. The summed E-state index contributed by atoms with van der Waals surface area (Å²) in [5.41, 5.74) is 2.93. The number of carbonyl (C=O) groups excluding carboxylic acids is 1. The van der Waals surface area contributed by atoms with Gasteiger partial charge in [-0.25, -0.2) is 4.98 Å². The number of nitrogens with one attached hydrogen (secondary N) is 1. The Balaban J connectivity index is 1.81. The summed E-state index contributed by atoms with van der Waals surface area (Å²) in [5.74, 6) is 0.425. The predicted molar refractivity (Wildman–Crippen MR) is 83.4 cm³/mol. The van der Waals surface area contributed by atoms with Gasteiger partial charge in [0, 0.05) is 30.2 Å². The molecule has 2 aromatic heterocycles. The molecule has 0 radical (unpaired) electrons. The summed E-state index contributed by atoms with van der Waals surface area (Å²) in [5, 5.41) is 7.11. The van der Waals surface area contributed by atoms with Crippen LogP contribution >= 0.6 is 0 Å². The Morgan fingerprint density at radius 1 is 1.18 bits per heavy atom. The minimum absolute atomic E-state index is 0.196. The van der Waals surface area contributed by atoms with Gasteiger partial charge in [-0.2, -0.15) is 5.10 Å². The van der Waals surface area contributed by atoms with Crippen molar-refractivity contribution >= 4 is 11.6 Å². The molecule has 0 fully saturated rings. The summed E-state index contributed by atoms with van der Waals surface area (Å²) in [4.78, 5) is 20.5. The fourth-order valence-electron chi connectivity index (χ4n) is 2.01. The van der Waals surface area contributed by atoms with Crippen molar-refractivity contribution in [3.8, 4) is 11.4 Å². The van der Waals surface area contributed by atoms with Crippen LogP contribution in [0.4, 0.5) is 5.69 Å². The van der Waals surface area contributed by atoms with Crippen molar-refractivity contribution in [3.63, 3.8) is 0 Å². The van der Waals surface area contributed by atoms with Gasteiger partial charge in [0.15, 0.2) is 5.82 Å². The zero-order chi connectivity index (χ0) is 15.5. The molecule has 0 aliphatic carbocycles. The highest BCUT2D eigenvalue weighted by molar-refractivity contribution is 6.04. The molecule has 22 heavy (non-hydrogen) atoms. The van der Waals surface area contributed by atoms with Crippen molar-refractivity contribution < 1.29 is 4.79 Å². The first-order valence-corrected chi connectivity index (χ1v) is 6.82. The molecule has 0 bridgehead atoms. The Kier molecular flexibility index (Phi) is 3.65. The molecule has 0 atom stereocenters. The highest BCUT2D eigenvalue weighted by Crippen LogP contribution is 2.19. The van der Waals surface area contributed by atoms with Crippen molar-refractivity contribution in [1.82, 2.24) is 19.7 Å². The maximum absolute atomic E-state index is 12.2. The molecule has 110 valence electrons. The van der Waals surface area contributed by atoms with E-state index in [1.54, 1.807) is 23.3 Å². The third-order valence-electron chi connectivity index (χ3n) is 3.15. The molecular formula is C16H15N5O. The minimum atomic E-state index is -0.196. The molecule has 3 aromatic rings. The number of hydrogen-bond donors (Lipinski definition) is 1. The van der Waals surface area contributed by atoms with Crippen LogP contribution in [-0.2, 0) is 7.05 Å². The van der Waals surface area contributed by atoms with E-state index < -0.39 is 0 Å². The molecule has 1 amide bonds. The van der Waals surface area contributed by atoms with Crippen LogP contribution in [0.2, 0.25) is 0 Å². The van der Waals surface area contributed by atoms with Crippen LogP contribution in [0.5, 0.6) is 0 Å². The zero-order valence-corrected chi connectivity index (χ0v) is 12.3. The van der Waals surface area contributed by atoms with Gasteiger partial charge in [0.1, 0.15) is 6.33 Å². The molecule has 0 spiro atoms. The first-order valence-electron chi connectivity index (χ1n) is 6.82. The van der Waals surface area contributed by atoms with E-state index in [1.165, 1.54) is 0 Å². The van der Waals surface area contributed by atoms with Gasteiger partial charge >= 0.3 is 0 Å². The number of aryl methyl sites for hydroxylation is 2. The molecule has 6 nitrogen and oxygen atoms in total. The molecule has 1 N–H and O–H groups in total. The summed E-state index contributed by atoms with van der Waals surface area (Å²) in [6.07, 6.45) is 3.20. The molecule has 0 unspecified atom stereocenters. The highest BCUT2D eigenvalue weighted by Gasteiger charge is 2.08. The zero-order valence-electron chi connectivity index (χ0n) is 12.3. The van der Waals surface area contributed by atoms with Crippen LogP contribution in [0.15, 0.2) is 48.9 Å². The summed E-state index contributed by atoms with van der Waals surface area (Å²) in [6, 6.07) is 11.0. The topological polar surface area (TPSA) is 72.7 Å². The number of benzene rings is 1. The molecule has 1 aromatic carbocycles. The first kappa shape index (κ1) is 13.9. The second-order valence-electron chi connectivity index (χ2n) is 4.97. The Morgan fingerprint density at radius 3 is 2.73 bits per heavy atom. The van der Waals surface area contributed by atoms with E-state index in [4.69, 9.17) is 0 Å². The smallest absolute Gasteiger partial charge is 0.257 e. The third-order valence-corrected chi connectivity index (χ3v) is 3.15. The van der Waals surface area contributed by atoms with E-state index in [-0.39, 0.29) is 5.91 Å². The van der Waals surface area contributed by atoms with Gasteiger partial charge in [0.05, 0.1) is 5.56 Å². The fourth-order valence-corrected chi connectivity index (χ4v) is 2.01. The van der Waals surface area contributed by atoms with Crippen molar-refractivity contribution in [2.45, 2.75) is 6.92 Å². The molecule has 0 saturated heterocycles. The van der Waals surface area contributed by atoms with Crippen molar-refractivity contribution in [2.75, 3.05) is 5.32 Å². The molecule has 0 aliphatic rings. The van der Waals surface area contributed by atoms with Gasteiger partial charge in [-0.15, -0.1) is 0 Å². The number of anilines is 1. The number of nitrogens with zero attached hydrogens (tertiary/aromatic N) is 4.